The predicted molar refractivity (Wildman–Crippen MR) is 72.8 cm³/mol. The summed E-state index contributed by atoms with van der Waals surface area (Å²) in [6, 6.07) is 3.64. The van der Waals surface area contributed by atoms with Crippen LogP contribution in [0.5, 0.6) is 0 Å². The number of carbonyl (C=O) groups is 1. The van der Waals surface area contributed by atoms with Gasteiger partial charge >= 0.3 is 5.97 Å². The Kier molecular flexibility index (Phi) is 3.80. The van der Waals surface area contributed by atoms with E-state index in [0.29, 0.717) is 10.7 Å². The van der Waals surface area contributed by atoms with Crippen LogP contribution in [-0.2, 0) is 4.79 Å². The van der Waals surface area contributed by atoms with Crippen molar-refractivity contribution in [3.05, 3.63) is 36.9 Å². The highest BCUT2D eigenvalue weighted by Crippen LogP contribution is 2.36. The van der Waals surface area contributed by atoms with Gasteiger partial charge in [-0.2, -0.15) is 0 Å². The highest BCUT2D eigenvalue weighted by Gasteiger charge is 2.30. The second kappa shape index (κ2) is 5.36. The van der Waals surface area contributed by atoms with Gasteiger partial charge in [-0.05, 0) is 26.0 Å². The van der Waals surface area contributed by atoms with Gasteiger partial charge in [0.15, 0.2) is 0 Å². The van der Waals surface area contributed by atoms with Gasteiger partial charge in [0.2, 0.25) is 0 Å². The second-order valence-electron chi connectivity index (χ2n) is 4.36. The Balaban J connectivity index is 2.40. The van der Waals surface area contributed by atoms with Crippen molar-refractivity contribution in [2.45, 2.75) is 23.6 Å². The van der Waals surface area contributed by atoms with E-state index in [2.05, 4.69) is 15.0 Å². The molecule has 0 saturated carbocycles. The third-order valence-electron chi connectivity index (χ3n) is 2.49. The number of carboxylic acid groups (broad SMARTS) is 1. The fraction of sp³-hybridized carbons (Fsp3) is 0.231. The summed E-state index contributed by atoms with van der Waals surface area (Å²) in [6.07, 6.45) is 6.49. The molecular formula is C13H13N3O2S. The molecule has 0 aliphatic carbocycles. The molecule has 0 aromatic carbocycles. The fourth-order valence-electron chi connectivity index (χ4n) is 1.39. The summed E-state index contributed by atoms with van der Waals surface area (Å²) in [5.41, 5.74) is 1.54. The van der Waals surface area contributed by atoms with Crippen LogP contribution in [0.3, 0.4) is 0 Å². The molecule has 19 heavy (non-hydrogen) atoms. The number of pyridine rings is 1. The standard InChI is InChI=1S/C13H13N3O2S/c1-13(2,12(17)18)19-11-10(15-7-8-16-11)9-3-5-14-6-4-9/h3-8H,1-2H3,(H,17,18). The first-order chi connectivity index (χ1) is 9.00. The smallest absolute Gasteiger partial charge is 0.319 e. The predicted octanol–water partition coefficient (Wildman–Crippen LogP) is 2.49. The molecule has 0 radical (unpaired) electrons. The average Bonchev–Trinajstić information content (AvgIpc) is 2.40. The van der Waals surface area contributed by atoms with Gasteiger partial charge in [-0.25, -0.2) is 4.98 Å². The van der Waals surface area contributed by atoms with Gasteiger partial charge < -0.3 is 5.11 Å². The van der Waals surface area contributed by atoms with E-state index in [1.807, 2.05) is 12.1 Å². The molecule has 98 valence electrons. The Bertz CT molecular complexity index is 587. The van der Waals surface area contributed by atoms with Crippen molar-refractivity contribution in [3.8, 4) is 11.3 Å². The molecule has 0 saturated heterocycles. The maximum Gasteiger partial charge on any atom is 0.319 e. The van der Waals surface area contributed by atoms with E-state index in [9.17, 15) is 9.90 Å². The van der Waals surface area contributed by atoms with Crippen LogP contribution in [0.15, 0.2) is 41.9 Å². The molecule has 6 heteroatoms. The maximum atomic E-state index is 11.2. The number of rotatable bonds is 4. The molecular weight excluding hydrogens is 262 g/mol. The molecule has 0 bridgehead atoms. The summed E-state index contributed by atoms with van der Waals surface area (Å²) < 4.78 is -0.961. The molecule has 0 atom stereocenters. The molecule has 1 N–H and O–H groups in total. The van der Waals surface area contributed by atoms with Crippen molar-refractivity contribution < 1.29 is 9.90 Å². The third-order valence-corrected chi connectivity index (χ3v) is 3.66. The zero-order valence-electron chi connectivity index (χ0n) is 10.6. The quantitative estimate of drug-likeness (QED) is 0.864. The molecule has 5 nitrogen and oxygen atoms in total. The van der Waals surface area contributed by atoms with Crippen molar-refractivity contribution in [2.24, 2.45) is 0 Å². The van der Waals surface area contributed by atoms with Gasteiger partial charge in [0.05, 0.1) is 0 Å². The Hall–Kier alpha value is -1.95. The summed E-state index contributed by atoms with van der Waals surface area (Å²) in [4.78, 5) is 23.7. The lowest BCUT2D eigenvalue weighted by Crippen LogP contribution is -2.27. The normalized spacial score (nSPS) is 11.3. The summed E-state index contributed by atoms with van der Waals surface area (Å²) in [6.45, 7) is 3.29. The van der Waals surface area contributed by atoms with Gasteiger partial charge in [-0.3, -0.25) is 14.8 Å². The number of aliphatic carboxylic acids is 1. The van der Waals surface area contributed by atoms with E-state index in [-0.39, 0.29) is 0 Å². The van der Waals surface area contributed by atoms with E-state index >= 15 is 0 Å². The van der Waals surface area contributed by atoms with E-state index in [0.717, 1.165) is 5.56 Å². The van der Waals surface area contributed by atoms with Crippen LogP contribution >= 0.6 is 11.8 Å². The Morgan fingerprint density at radius 1 is 1.16 bits per heavy atom. The van der Waals surface area contributed by atoms with Crippen LogP contribution in [0.1, 0.15) is 13.8 Å². The van der Waals surface area contributed by atoms with Crippen LogP contribution in [0.25, 0.3) is 11.3 Å². The summed E-state index contributed by atoms with van der Waals surface area (Å²) in [7, 11) is 0. The van der Waals surface area contributed by atoms with E-state index < -0.39 is 10.7 Å². The van der Waals surface area contributed by atoms with Crippen LogP contribution in [0, 0.1) is 0 Å². The molecule has 2 heterocycles. The van der Waals surface area contributed by atoms with Crippen LogP contribution in [0.4, 0.5) is 0 Å². The van der Waals surface area contributed by atoms with Crippen LogP contribution in [-0.4, -0.2) is 30.8 Å². The molecule has 0 aliphatic rings. The first kappa shape index (κ1) is 13.5. The first-order valence-electron chi connectivity index (χ1n) is 5.64. The highest BCUT2D eigenvalue weighted by molar-refractivity contribution is 8.01. The molecule has 2 aromatic heterocycles. The SMILES string of the molecule is CC(C)(Sc1nccnc1-c1ccncc1)C(=O)O. The average molecular weight is 275 g/mol. The van der Waals surface area contributed by atoms with Gasteiger partial charge in [-0.15, -0.1) is 0 Å². The Morgan fingerprint density at radius 3 is 2.42 bits per heavy atom. The monoisotopic (exact) mass is 275 g/mol. The highest BCUT2D eigenvalue weighted by atomic mass is 32.2. The molecule has 0 aliphatic heterocycles. The largest absolute Gasteiger partial charge is 0.480 e. The zero-order valence-corrected chi connectivity index (χ0v) is 11.4. The lowest BCUT2D eigenvalue weighted by molar-refractivity contribution is -0.138. The fourth-order valence-corrected chi connectivity index (χ4v) is 2.34. The number of nitrogens with zero attached hydrogens (tertiary/aromatic N) is 3. The first-order valence-corrected chi connectivity index (χ1v) is 6.46. The molecule has 0 amide bonds. The van der Waals surface area contributed by atoms with E-state index in [1.54, 1.807) is 38.6 Å². The molecule has 2 rings (SSSR count). The Morgan fingerprint density at radius 2 is 1.79 bits per heavy atom. The van der Waals surface area contributed by atoms with E-state index in [1.165, 1.54) is 11.8 Å². The summed E-state index contributed by atoms with van der Waals surface area (Å²) in [5.74, 6) is -0.885. The number of thioether (sulfide) groups is 1. The summed E-state index contributed by atoms with van der Waals surface area (Å²) >= 11 is 1.18. The van der Waals surface area contributed by atoms with Crippen molar-refractivity contribution in [1.82, 2.24) is 15.0 Å². The van der Waals surface area contributed by atoms with Gasteiger partial charge in [0.25, 0.3) is 0 Å². The minimum absolute atomic E-state index is 0.598. The van der Waals surface area contributed by atoms with Gasteiger partial charge in [0.1, 0.15) is 15.5 Å². The van der Waals surface area contributed by atoms with Crippen molar-refractivity contribution in [1.29, 1.82) is 0 Å². The molecule has 0 unspecified atom stereocenters. The van der Waals surface area contributed by atoms with Crippen molar-refractivity contribution in [2.75, 3.05) is 0 Å². The van der Waals surface area contributed by atoms with E-state index in [4.69, 9.17) is 0 Å². The zero-order chi connectivity index (χ0) is 13.9. The molecule has 0 spiro atoms. The van der Waals surface area contributed by atoms with Crippen LogP contribution < -0.4 is 0 Å². The topological polar surface area (TPSA) is 76.0 Å². The maximum absolute atomic E-state index is 11.2. The lowest BCUT2D eigenvalue weighted by Gasteiger charge is -2.18. The van der Waals surface area contributed by atoms with Crippen LogP contribution in [0.2, 0.25) is 0 Å². The molecule has 2 aromatic rings. The molecule has 0 fully saturated rings. The number of carboxylic acids is 1. The van der Waals surface area contributed by atoms with Crippen molar-refractivity contribution in [3.63, 3.8) is 0 Å². The van der Waals surface area contributed by atoms with Gasteiger partial charge in [0, 0.05) is 30.4 Å². The minimum atomic E-state index is -0.961. The minimum Gasteiger partial charge on any atom is -0.480 e. The second-order valence-corrected chi connectivity index (χ2v) is 5.97. The number of hydrogen-bond donors (Lipinski definition) is 1. The lowest BCUT2D eigenvalue weighted by atomic mass is 10.2. The third kappa shape index (κ3) is 3.08. The Labute approximate surface area is 115 Å². The number of aromatic nitrogens is 3. The number of hydrogen-bond acceptors (Lipinski definition) is 5. The van der Waals surface area contributed by atoms with Crippen molar-refractivity contribution >= 4 is 17.7 Å². The van der Waals surface area contributed by atoms with Gasteiger partial charge in [-0.1, -0.05) is 11.8 Å². The summed E-state index contributed by atoms with van der Waals surface area (Å²) in [5, 5.41) is 9.78.